The zero-order valence-electron chi connectivity index (χ0n) is 10.8. The number of aromatic nitrogens is 1. The molecule has 0 aliphatic carbocycles. The summed E-state index contributed by atoms with van der Waals surface area (Å²) in [6, 6.07) is 3.46. The highest BCUT2D eigenvalue weighted by molar-refractivity contribution is 5.93. The number of amides is 2. The molecule has 19 heavy (non-hydrogen) atoms. The van der Waals surface area contributed by atoms with Gasteiger partial charge in [-0.15, -0.1) is 0 Å². The van der Waals surface area contributed by atoms with Crippen LogP contribution in [0.2, 0.25) is 0 Å². The van der Waals surface area contributed by atoms with E-state index in [1.165, 1.54) is 0 Å². The van der Waals surface area contributed by atoms with Crippen molar-refractivity contribution in [3.8, 4) is 0 Å². The molecule has 0 aliphatic heterocycles. The second-order valence-electron chi connectivity index (χ2n) is 3.73. The average molecular weight is 266 g/mol. The van der Waals surface area contributed by atoms with E-state index in [1.54, 1.807) is 18.3 Å². The van der Waals surface area contributed by atoms with Crippen molar-refractivity contribution in [1.29, 1.82) is 0 Å². The Morgan fingerprint density at radius 1 is 1.47 bits per heavy atom. The van der Waals surface area contributed by atoms with Crippen molar-refractivity contribution in [3.05, 3.63) is 24.0 Å². The van der Waals surface area contributed by atoms with Crippen molar-refractivity contribution in [3.63, 3.8) is 0 Å². The number of pyridine rings is 1. The third kappa shape index (κ3) is 5.82. The molecule has 2 amide bonds. The lowest BCUT2D eigenvalue weighted by Gasteiger charge is -2.07. The van der Waals surface area contributed by atoms with Crippen molar-refractivity contribution in [2.75, 3.05) is 31.6 Å². The SMILES string of the molecule is CCNc1ccnc(C(=O)NCCOCC(N)=O)c1. The predicted octanol–water partition coefficient (Wildman–Crippen LogP) is -0.255. The van der Waals surface area contributed by atoms with E-state index >= 15 is 0 Å². The summed E-state index contributed by atoms with van der Waals surface area (Å²) in [5.74, 6) is -0.825. The van der Waals surface area contributed by atoms with Crippen LogP contribution in [0.3, 0.4) is 0 Å². The Kier molecular flexibility index (Phi) is 6.31. The molecule has 0 bridgehead atoms. The van der Waals surface area contributed by atoms with Crippen LogP contribution in [0, 0.1) is 0 Å². The van der Waals surface area contributed by atoms with Crippen LogP contribution in [-0.2, 0) is 9.53 Å². The normalized spacial score (nSPS) is 9.95. The van der Waals surface area contributed by atoms with E-state index in [2.05, 4.69) is 15.6 Å². The van der Waals surface area contributed by atoms with E-state index in [0.29, 0.717) is 12.2 Å². The number of carbonyl (C=O) groups is 2. The summed E-state index contributed by atoms with van der Waals surface area (Å²) in [6.07, 6.45) is 1.57. The van der Waals surface area contributed by atoms with Gasteiger partial charge in [0.1, 0.15) is 12.3 Å². The largest absolute Gasteiger partial charge is 0.385 e. The minimum absolute atomic E-state index is 0.149. The molecule has 1 aromatic rings. The molecule has 0 saturated heterocycles. The molecule has 0 spiro atoms. The smallest absolute Gasteiger partial charge is 0.270 e. The highest BCUT2D eigenvalue weighted by atomic mass is 16.5. The van der Waals surface area contributed by atoms with Gasteiger partial charge in [-0.1, -0.05) is 0 Å². The van der Waals surface area contributed by atoms with E-state index in [1.807, 2.05) is 6.92 Å². The third-order valence-corrected chi connectivity index (χ3v) is 2.15. The number of ether oxygens (including phenoxy) is 1. The standard InChI is InChI=1S/C12H18N4O3/c1-2-14-9-3-4-15-10(7-9)12(18)16-5-6-19-8-11(13)17/h3-4,7H,2,5-6,8H2,1H3,(H2,13,17)(H,14,15)(H,16,18). The number of nitrogens with two attached hydrogens (primary N) is 1. The molecule has 0 unspecified atom stereocenters. The van der Waals surface area contributed by atoms with Gasteiger partial charge in [-0.25, -0.2) is 0 Å². The second-order valence-corrected chi connectivity index (χ2v) is 3.73. The maximum absolute atomic E-state index is 11.7. The van der Waals surface area contributed by atoms with Gasteiger partial charge >= 0.3 is 0 Å². The molecule has 0 fully saturated rings. The molecule has 1 heterocycles. The van der Waals surface area contributed by atoms with Crippen molar-refractivity contribution in [2.24, 2.45) is 5.73 Å². The summed E-state index contributed by atoms with van der Waals surface area (Å²) in [7, 11) is 0. The maximum Gasteiger partial charge on any atom is 0.270 e. The Bertz CT molecular complexity index is 437. The zero-order valence-corrected chi connectivity index (χ0v) is 10.8. The molecule has 0 aliphatic rings. The van der Waals surface area contributed by atoms with E-state index in [-0.39, 0.29) is 19.1 Å². The van der Waals surface area contributed by atoms with Gasteiger partial charge in [0, 0.05) is 25.0 Å². The number of primary amides is 1. The molecule has 7 nitrogen and oxygen atoms in total. The van der Waals surface area contributed by atoms with Crippen LogP contribution in [0.4, 0.5) is 5.69 Å². The van der Waals surface area contributed by atoms with Gasteiger partial charge in [-0.2, -0.15) is 0 Å². The Morgan fingerprint density at radius 2 is 2.26 bits per heavy atom. The second kappa shape index (κ2) is 8.04. The summed E-state index contributed by atoms with van der Waals surface area (Å²) in [4.78, 5) is 26.1. The third-order valence-electron chi connectivity index (χ3n) is 2.15. The number of hydrogen-bond donors (Lipinski definition) is 3. The number of anilines is 1. The van der Waals surface area contributed by atoms with Crippen molar-refractivity contribution >= 4 is 17.5 Å². The fraction of sp³-hybridized carbons (Fsp3) is 0.417. The number of nitrogens with zero attached hydrogens (tertiary/aromatic N) is 1. The lowest BCUT2D eigenvalue weighted by Crippen LogP contribution is -2.29. The topological polar surface area (TPSA) is 106 Å². The summed E-state index contributed by atoms with van der Waals surface area (Å²) < 4.78 is 4.92. The number of rotatable bonds is 8. The van der Waals surface area contributed by atoms with Gasteiger partial charge in [0.2, 0.25) is 5.91 Å². The van der Waals surface area contributed by atoms with E-state index in [9.17, 15) is 9.59 Å². The Morgan fingerprint density at radius 3 is 2.95 bits per heavy atom. The molecule has 4 N–H and O–H groups in total. The minimum Gasteiger partial charge on any atom is -0.385 e. The molecule has 0 atom stereocenters. The van der Waals surface area contributed by atoms with Gasteiger partial charge in [-0.3, -0.25) is 14.6 Å². The molecule has 1 rings (SSSR count). The van der Waals surface area contributed by atoms with Gasteiger partial charge in [0.05, 0.1) is 6.61 Å². The molecular weight excluding hydrogens is 248 g/mol. The first-order valence-corrected chi connectivity index (χ1v) is 5.97. The fourth-order valence-corrected chi connectivity index (χ4v) is 1.37. The quantitative estimate of drug-likeness (QED) is 0.562. The number of hydrogen-bond acceptors (Lipinski definition) is 5. The van der Waals surface area contributed by atoms with E-state index < -0.39 is 5.91 Å². The Balaban J connectivity index is 2.36. The van der Waals surface area contributed by atoms with E-state index in [0.717, 1.165) is 12.2 Å². The predicted molar refractivity (Wildman–Crippen MR) is 70.7 cm³/mol. The molecule has 7 heteroatoms. The maximum atomic E-state index is 11.7. The van der Waals surface area contributed by atoms with Gasteiger partial charge in [-0.05, 0) is 19.1 Å². The van der Waals surface area contributed by atoms with Gasteiger partial charge in [0.15, 0.2) is 0 Å². The Hall–Kier alpha value is -2.15. The molecule has 0 aromatic carbocycles. The van der Waals surface area contributed by atoms with Crippen LogP contribution in [0.15, 0.2) is 18.3 Å². The molecule has 104 valence electrons. The first-order chi connectivity index (χ1) is 9.13. The van der Waals surface area contributed by atoms with E-state index in [4.69, 9.17) is 10.5 Å². The van der Waals surface area contributed by atoms with Crippen LogP contribution in [-0.4, -0.2) is 43.1 Å². The van der Waals surface area contributed by atoms with Crippen LogP contribution in [0.25, 0.3) is 0 Å². The summed E-state index contributed by atoms with van der Waals surface area (Å²) in [5, 5.41) is 5.73. The van der Waals surface area contributed by atoms with Crippen molar-refractivity contribution in [2.45, 2.75) is 6.92 Å². The lowest BCUT2D eigenvalue weighted by molar-refractivity contribution is -0.122. The summed E-state index contributed by atoms with van der Waals surface area (Å²) in [6.45, 7) is 3.10. The first kappa shape index (κ1) is 14.9. The molecule has 0 radical (unpaired) electrons. The minimum atomic E-state index is -0.536. The van der Waals surface area contributed by atoms with Crippen molar-refractivity contribution in [1.82, 2.24) is 10.3 Å². The summed E-state index contributed by atoms with van der Waals surface area (Å²) in [5.41, 5.74) is 6.07. The zero-order chi connectivity index (χ0) is 14.1. The summed E-state index contributed by atoms with van der Waals surface area (Å²) >= 11 is 0. The van der Waals surface area contributed by atoms with Crippen molar-refractivity contribution < 1.29 is 14.3 Å². The van der Waals surface area contributed by atoms with Gasteiger partial charge < -0.3 is 21.1 Å². The highest BCUT2D eigenvalue weighted by Crippen LogP contribution is 2.07. The average Bonchev–Trinajstić information content (AvgIpc) is 2.38. The fourth-order valence-electron chi connectivity index (χ4n) is 1.37. The van der Waals surface area contributed by atoms with Crippen LogP contribution < -0.4 is 16.4 Å². The lowest BCUT2D eigenvalue weighted by atomic mass is 10.3. The number of nitrogens with one attached hydrogen (secondary N) is 2. The molecular formula is C12H18N4O3. The number of carbonyl (C=O) groups excluding carboxylic acids is 2. The molecule has 1 aromatic heterocycles. The van der Waals surface area contributed by atoms with Crippen LogP contribution in [0.5, 0.6) is 0 Å². The van der Waals surface area contributed by atoms with Crippen LogP contribution >= 0.6 is 0 Å². The molecule has 0 saturated carbocycles. The highest BCUT2D eigenvalue weighted by Gasteiger charge is 2.07. The first-order valence-electron chi connectivity index (χ1n) is 5.97. The van der Waals surface area contributed by atoms with Gasteiger partial charge in [0.25, 0.3) is 5.91 Å². The Labute approximate surface area is 111 Å². The monoisotopic (exact) mass is 266 g/mol. The van der Waals surface area contributed by atoms with Crippen LogP contribution in [0.1, 0.15) is 17.4 Å².